The van der Waals surface area contributed by atoms with Crippen LogP contribution in [0.2, 0.25) is 0 Å². The van der Waals surface area contributed by atoms with Gasteiger partial charge in [-0.3, -0.25) is 10.1 Å². The molecule has 1 heterocycles. The second kappa shape index (κ2) is 9.12. The Bertz CT molecular complexity index is 454. The van der Waals surface area contributed by atoms with E-state index in [4.69, 9.17) is 0 Å². The van der Waals surface area contributed by atoms with E-state index in [0.717, 1.165) is 25.8 Å². The molecule has 0 amide bonds. The van der Waals surface area contributed by atoms with Crippen LogP contribution >= 0.6 is 0 Å². The molecule has 7 nitrogen and oxygen atoms in total. The summed E-state index contributed by atoms with van der Waals surface area (Å²) < 4.78 is 0. The lowest BCUT2D eigenvalue weighted by Gasteiger charge is -2.22. The Morgan fingerprint density at radius 2 is 2.10 bits per heavy atom. The molecule has 21 heavy (non-hydrogen) atoms. The van der Waals surface area contributed by atoms with Crippen molar-refractivity contribution in [3.8, 4) is 0 Å². The summed E-state index contributed by atoms with van der Waals surface area (Å²) in [6, 6.07) is 3.09. The largest absolute Gasteiger partial charge is 0.395 e. The minimum Gasteiger partial charge on any atom is -0.395 e. The molecular weight excluding hydrogens is 272 g/mol. The van der Waals surface area contributed by atoms with Crippen LogP contribution in [0.3, 0.4) is 0 Å². The van der Waals surface area contributed by atoms with Crippen LogP contribution in [0.1, 0.15) is 33.1 Å². The molecule has 0 fully saturated rings. The molecule has 1 aromatic rings. The summed E-state index contributed by atoms with van der Waals surface area (Å²) in [6.07, 6.45) is 2.82. The number of aliphatic hydroxyl groups excluding tert-OH is 1. The van der Waals surface area contributed by atoms with E-state index < -0.39 is 4.92 Å². The van der Waals surface area contributed by atoms with Crippen LogP contribution in [0, 0.1) is 10.1 Å². The molecule has 0 saturated heterocycles. The van der Waals surface area contributed by atoms with E-state index in [1.165, 1.54) is 6.07 Å². The lowest BCUT2D eigenvalue weighted by atomic mass is 10.3. The normalized spacial score (nSPS) is 10.4. The molecule has 1 aromatic heterocycles. The Hall–Kier alpha value is -1.89. The van der Waals surface area contributed by atoms with Crippen LogP contribution in [-0.4, -0.2) is 41.3 Å². The van der Waals surface area contributed by atoms with Crippen LogP contribution in [0.4, 0.5) is 17.3 Å². The van der Waals surface area contributed by atoms with Crippen molar-refractivity contribution in [3.05, 3.63) is 22.2 Å². The summed E-state index contributed by atoms with van der Waals surface area (Å²) >= 11 is 0. The summed E-state index contributed by atoms with van der Waals surface area (Å²) in [5, 5.41) is 23.5. The standard InChI is InChI=1S/C14H24N4O3/c1-3-5-9-17(10-11-19)14-12(18(20)21)6-7-13(16-14)15-8-4-2/h6-7,19H,3-5,8-11H2,1-2H3,(H,15,16). The van der Waals surface area contributed by atoms with Gasteiger partial charge in [0.25, 0.3) is 0 Å². The summed E-state index contributed by atoms with van der Waals surface area (Å²) in [5.41, 5.74) is -0.0263. The second-order valence-corrected chi connectivity index (χ2v) is 4.79. The van der Waals surface area contributed by atoms with Gasteiger partial charge in [0.05, 0.1) is 11.5 Å². The van der Waals surface area contributed by atoms with Crippen molar-refractivity contribution >= 4 is 17.3 Å². The maximum absolute atomic E-state index is 11.2. The van der Waals surface area contributed by atoms with Crippen molar-refractivity contribution in [1.82, 2.24) is 4.98 Å². The lowest BCUT2D eigenvalue weighted by molar-refractivity contribution is -0.384. The molecule has 0 spiro atoms. The molecule has 0 aliphatic rings. The van der Waals surface area contributed by atoms with Gasteiger partial charge in [-0.25, -0.2) is 4.98 Å². The van der Waals surface area contributed by atoms with Gasteiger partial charge in [0.1, 0.15) is 5.82 Å². The van der Waals surface area contributed by atoms with Crippen molar-refractivity contribution in [1.29, 1.82) is 0 Å². The van der Waals surface area contributed by atoms with Crippen LogP contribution in [-0.2, 0) is 0 Å². The van der Waals surface area contributed by atoms with Crippen LogP contribution in [0.5, 0.6) is 0 Å². The molecule has 2 N–H and O–H groups in total. The highest BCUT2D eigenvalue weighted by Crippen LogP contribution is 2.27. The summed E-state index contributed by atoms with van der Waals surface area (Å²) in [7, 11) is 0. The summed E-state index contributed by atoms with van der Waals surface area (Å²) in [4.78, 5) is 16.9. The fourth-order valence-corrected chi connectivity index (χ4v) is 1.96. The molecular formula is C14H24N4O3. The first-order valence-corrected chi connectivity index (χ1v) is 7.39. The van der Waals surface area contributed by atoms with E-state index >= 15 is 0 Å². The fraction of sp³-hybridized carbons (Fsp3) is 0.643. The molecule has 0 aromatic carbocycles. The van der Waals surface area contributed by atoms with E-state index in [-0.39, 0.29) is 12.3 Å². The number of unbranched alkanes of at least 4 members (excludes halogenated alkanes) is 1. The maximum atomic E-state index is 11.2. The van der Waals surface area contributed by atoms with Crippen molar-refractivity contribution in [2.24, 2.45) is 0 Å². The highest BCUT2D eigenvalue weighted by atomic mass is 16.6. The average Bonchev–Trinajstić information content (AvgIpc) is 2.49. The van der Waals surface area contributed by atoms with E-state index in [9.17, 15) is 15.2 Å². The number of aromatic nitrogens is 1. The number of rotatable bonds is 10. The molecule has 0 atom stereocenters. The summed E-state index contributed by atoms with van der Waals surface area (Å²) in [6.45, 7) is 5.78. The maximum Gasteiger partial charge on any atom is 0.311 e. The zero-order valence-electron chi connectivity index (χ0n) is 12.7. The quantitative estimate of drug-likeness (QED) is 0.509. The van der Waals surface area contributed by atoms with Crippen LogP contribution in [0.25, 0.3) is 0 Å². The monoisotopic (exact) mass is 296 g/mol. The van der Waals surface area contributed by atoms with Gasteiger partial charge in [0, 0.05) is 25.7 Å². The first-order chi connectivity index (χ1) is 10.1. The molecule has 0 bridgehead atoms. The molecule has 1 rings (SSSR count). The second-order valence-electron chi connectivity index (χ2n) is 4.79. The van der Waals surface area contributed by atoms with Gasteiger partial charge in [-0.2, -0.15) is 0 Å². The van der Waals surface area contributed by atoms with Gasteiger partial charge < -0.3 is 15.3 Å². The highest BCUT2D eigenvalue weighted by molar-refractivity contribution is 5.61. The van der Waals surface area contributed by atoms with E-state index in [1.807, 2.05) is 6.92 Å². The highest BCUT2D eigenvalue weighted by Gasteiger charge is 2.21. The first kappa shape index (κ1) is 17.2. The molecule has 0 aliphatic heterocycles. The molecule has 0 aliphatic carbocycles. The lowest BCUT2D eigenvalue weighted by Crippen LogP contribution is -2.29. The van der Waals surface area contributed by atoms with E-state index in [0.29, 0.717) is 24.7 Å². The van der Waals surface area contributed by atoms with Crippen molar-refractivity contribution in [2.45, 2.75) is 33.1 Å². The van der Waals surface area contributed by atoms with Crippen molar-refractivity contribution < 1.29 is 10.0 Å². The predicted octanol–water partition coefficient (Wildman–Crippen LogP) is 2.41. The zero-order chi connectivity index (χ0) is 15.7. The third kappa shape index (κ3) is 5.18. The molecule has 0 radical (unpaired) electrons. The number of nitrogens with one attached hydrogen (secondary N) is 1. The van der Waals surface area contributed by atoms with Gasteiger partial charge >= 0.3 is 5.69 Å². The SMILES string of the molecule is CCCCN(CCO)c1nc(NCCC)ccc1[N+](=O)[O-]. The number of anilines is 2. The minimum atomic E-state index is -0.428. The number of nitrogens with zero attached hydrogens (tertiary/aromatic N) is 3. The number of aliphatic hydroxyl groups is 1. The Morgan fingerprint density at radius 1 is 1.33 bits per heavy atom. The van der Waals surface area contributed by atoms with E-state index in [2.05, 4.69) is 17.2 Å². The molecule has 0 unspecified atom stereocenters. The molecule has 118 valence electrons. The van der Waals surface area contributed by atoms with Crippen molar-refractivity contribution in [3.63, 3.8) is 0 Å². The van der Waals surface area contributed by atoms with Crippen molar-refractivity contribution in [2.75, 3.05) is 36.5 Å². The van der Waals surface area contributed by atoms with Gasteiger partial charge in [-0.05, 0) is 18.9 Å². The summed E-state index contributed by atoms with van der Waals surface area (Å²) in [5.74, 6) is 0.945. The van der Waals surface area contributed by atoms with E-state index in [1.54, 1.807) is 11.0 Å². The Labute approximate surface area is 125 Å². The third-order valence-corrected chi connectivity index (χ3v) is 3.06. The zero-order valence-corrected chi connectivity index (χ0v) is 12.7. The van der Waals surface area contributed by atoms with Gasteiger partial charge in [0.2, 0.25) is 5.82 Å². The molecule has 7 heteroatoms. The van der Waals surface area contributed by atoms with Gasteiger partial charge in [0.15, 0.2) is 0 Å². The minimum absolute atomic E-state index is 0.0263. The number of pyridine rings is 1. The topological polar surface area (TPSA) is 91.5 Å². The number of nitro groups is 1. The Morgan fingerprint density at radius 3 is 2.67 bits per heavy atom. The molecule has 0 saturated carbocycles. The van der Waals surface area contributed by atoms with Gasteiger partial charge in [-0.15, -0.1) is 0 Å². The Kier molecular flexibility index (Phi) is 7.45. The third-order valence-electron chi connectivity index (χ3n) is 3.06. The first-order valence-electron chi connectivity index (χ1n) is 7.39. The number of hydrogen-bond acceptors (Lipinski definition) is 6. The fourth-order valence-electron chi connectivity index (χ4n) is 1.96. The van der Waals surface area contributed by atoms with Crippen LogP contribution in [0.15, 0.2) is 12.1 Å². The average molecular weight is 296 g/mol. The van der Waals surface area contributed by atoms with Crippen LogP contribution < -0.4 is 10.2 Å². The number of hydrogen-bond donors (Lipinski definition) is 2. The van der Waals surface area contributed by atoms with Gasteiger partial charge in [-0.1, -0.05) is 20.3 Å². The predicted molar refractivity (Wildman–Crippen MR) is 83.9 cm³/mol. The Balaban J connectivity index is 3.08. The smallest absolute Gasteiger partial charge is 0.311 e.